The maximum Gasteiger partial charge on any atom is 0.325 e. The molecule has 2 N–H and O–H groups in total. The minimum Gasteiger partial charge on any atom is -0.371 e. The minimum absolute atomic E-state index is 0.246. The van der Waals surface area contributed by atoms with Crippen molar-refractivity contribution in [2.75, 3.05) is 31.1 Å². The standard InChI is InChI=1S/C24H26N4O3/c29-21(25-14-17-11-13-27(15-17)19-7-2-1-3-8-19)16-28-22(30)24(26-23(28)31)12-10-18-6-4-5-9-20(18)24/h1-9,17H,10-16H2,(H,25,29)(H,26,31). The van der Waals surface area contributed by atoms with E-state index in [2.05, 4.69) is 27.7 Å². The highest BCUT2D eigenvalue weighted by Gasteiger charge is 2.55. The summed E-state index contributed by atoms with van der Waals surface area (Å²) < 4.78 is 0. The number of rotatable bonds is 5. The smallest absolute Gasteiger partial charge is 0.325 e. The van der Waals surface area contributed by atoms with Gasteiger partial charge in [-0.3, -0.25) is 14.5 Å². The number of benzene rings is 2. The summed E-state index contributed by atoms with van der Waals surface area (Å²) in [7, 11) is 0. The summed E-state index contributed by atoms with van der Waals surface area (Å²) in [6.45, 7) is 2.14. The van der Waals surface area contributed by atoms with Crippen LogP contribution in [0.25, 0.3) is 0 Å². The van der Waals surface area contributed by atoms with Crippen LogP contribution in [-0.2, 0) is 21.5 Å². The van der Waals surface area contributed by atoms with Crippen molar-refractivity contribution in [3.63, 3.8) is 0 Å². The van der Waals surface area contributed by atoms with Gasteiger partial charge in [-0.2, -0.15) is 0 Å². The van der Waals surface area contributed by atoms with Gasteiger partial charge in [0.15, 0.2) is 0 Å². The molecule has 2 heterocycles. The van der Waals surface area contributed by atoms with Crippen LogP contribution in [0.15, 0.2) is 54.6 Å². The molecule has 2 fully saturated rings. The van der Waals surface area contributed by atoms with Crippen molar-refractivity contribution in [2.45, 2.75) is 24.8 Å². The maximum absolute atomic E-state index is 13.2. The quantitative estimate of drug-likeness (QED) is 0.728. The fourth-order valence-corrected chi connectivity index (χ4v) is 5.06. The van der Waals surface area contributed by atoms with Crippen LogP contribution < -0.4 is 15.5 Å². The first kappa shape index (κ1) is 19.6. The summed E-state index contributed by atoms with van der Waals surface area (Å²) in [4.78, 5) is 41.6. The normalized spacial score (nSPS) is 24.6. The molecule has 4 amide bonds. The first-order valence-corrected chi connectivity index (χ1v) is 10.9. The Balaban J connectivity index is 1.17. The molecule has 2 aliphatic heterocycles. The Bertz CT molecular complexity index is 1020. The van der Waals surface area contributed by atoms with Crippen LogP contribution in [0.5, 0.6) is 0 Å². The summed E-state index contributed by atoms with van der Waals surface area (Å²) in [5.74, 6) is -0.279. The number of nitrogens with one attached hydrogen (secondary N) is 2. The van der Waals surface area contributed by atoms with Gasteiger partial charge in [-0.05, 0) is 48.4 Å². The van der Waals surface area contributed by atoms with Crippen molar-refractivity contribution < 1.29 is 14.4 Å². The number of hydrogen-bond donors (Lipinski definition) is 2. The molecular weight excluding hydrogens is 392 g/mol. The Hall–Kier alpha value is -3.35. The lowest BCUT2D eigenvalue weighted by Gasteiger charge is -2.22. The molecule has 0 aromatic heterocycles. The summed E-state index contributed by atoms with van der Waals surface area (Å²) in [5.41, 5.74) is 2.10. The van der Waals surface area contributed by atoms with Gasteiger partial charge >= 0.3 is 6.03 Å². The predicted octanol–water partition coefficient (Wildman–Crippen LogP) is 2.02. The van der Waals surface area contributed by atoms with Crippen molar-refractivity contribution in [1.82, 2.24) is 15.5 Å². The van der Waals surface area contributed by atoms with Gasteiger partial charge in [0.05, 0.1) is 0 Å². The lowest BCUT2D eigenvalue weighted by molar-refractivity contribution is -0.135. The average Bonchev–Trinajstić information content (AvgIpc) is 3.47. The van der Waals surface area contributed by atoms with E-state index in [-0.39, 0.29) is 18.4 Å². The third-order valence-corrected chi connectivity index (χ3v) is 6.72. The molecule has 1 aliphatic carbocycles. The molecule has 160 valence electrons. The van der Waals surface area contributed by atoms with Crippen molar-refractivity contribution in [2.24, 2.45) is 5.92 Å². The van der Waals surface area contributed by atoms with Crippen molar-refractivity contribution in [3.05, 3.63) is 65.7 Å². The molecular formula is C24H26N4O3. The van der Waals surface area contributed by atoms with Gasteiger partial charge in [-0.1, -0.05) is 42.5 Å². The molecule has 7 heteroatoms. The summed E-state index contributed by atoms with van der Waals surface area (Å²) in [6.07, 6.45) is 2.27. The number of fused-ring (bicyclic) bond motifs is 2. The van der Waals surface area contributed by atoms with E-state index in [4.69, 9.17) is 0 Å². The Labute approximate surface area is 181 Å². The average molecular weight is 418 g/mol. The monoisotopic (exact) mass is 418 g/mol. The minimum atomic E-state index is -1.02. The van der Waals surface area contributed by atoms with Crippen molar-refractivity contribution in [3.8, 4) is 0 Å². The second-order valence-electron chi connectivity index (χ2n) is 8.62. The van der Waals surface area contributed by atoms with Crippen LogP contribution in [0, 0.1) is 5.92 Å². The molecule has 31 heavy (non-hydrogen) atoms. The second-order valence-corrected chi connectivity index (χ2v) is 8.62. The zero-order valence-electron chi connectivity index (χ0n) is 17.3. The highest BCUT2D eigenvalue weighted by atomic mass is 16.2. The van der Waals surface area contributed by atoms with Crippen LogP contribution in [0.3, 0.4) is 0 Å². The van der Waals surface area contributed by atoms with Crippen LogP contribution in [0.4, 0.5) is 10.5 Å². The number of amides is 4. The highest BCUT2D eigenvalue weighted by Crippen LogP contribution is 2.41. The van der Waals surface area contributed by atoms with Gasteiger partial charge < -0.3 is 15.5 Å². The summed E-state index contributed by atoms with van der Waals surface area (Å²) in [6, 6.07) is 17.4. The largest absolute Gasteiger partial charge is 0.371 e. The van der Waals surface area contributed by atoms with Gasteiger partial charge in [0, 0.05) is 25.3 Å². The fourth-order valence-electron chi connectivity index (χ4n) is 5.06. The first-order chi connectivity index (χ1) is 15.1. The van der Waals surface area contributed by atoms with Crippen LogP contribution >= 0.6 is 0 Å². The molecule has 3 aliphatic rings. The number of para-hydroxylation sites is 1. The molecule has 2 saturated heterocycles. The van der Waals surface area contributed by atoms with E-state index in [9.17, 15) is 14.4 Å². The number of carbonyl (C=O) groups is 3. The first-order valence-electron chi connectivity index (χ1n) is 10.9. The fraction of sp³-hybridized carbons (Fsp3) is 0.375. The number of anilines is 1. The third kappa shape index (κ3) is 3.44. The number of hydrogen-bond acceptors (Lipinski definition) is 4. The maximum atomic E-state index is 13.2. The topological polar surface area (TPSA) is 81.8 Å². The Kier molecular flexibility index (Phi) is 4.88. The molecule has 7 nitrogen and oxygen atoms in total. The van der Waals surface area contributed by atoms with Gasteiger partial charge in [0.2, 0.25) is 5.91 Å². The van der Waals surface area contributed by atoms with Crippen LogP contribution in [-0.4, -0.2) is 48.9 Å². The van der Waals surface area contributed by atoms with Crippen LogP contribution in [0.1, 0.15) is 24.0 Å². The van der Waals surface area contributed by atoms with Gasteiger partial charge in [-0.15, -0.1) is 0 Å². The predicted molar refractivity (Wildman–Crippen MR) is 116 cm³/mol. The number of urea groups is 1. The number of nitrogens with zero attached hydrogens (tertiary/aromatic N) is 2. The van der Waals surface area contributed by atoms with Gasteiger partial charge in [0.1, 0.15) is 12.1 Å². The molecule has 0 saturated carbocycles. The van der Waals surface area contributed by atoms with Crippen molar-refractivity contribution >= 4 is 23.5 Å². The Morgan fingerprint density at radius 1 is 1.10 bits per heavy atom. The molecule has 2 unspecified atom stereocenters. The van der Waals surface area contributed by atoms with Crippen molar-refractivity contribution in [1.29, 1.82) is 0 Å². The van der Waals surface area contributed by atoms with E-state index < -0.39 is 11.6 Å². The molecule has 1 spiro atoms. The molecule has 5 rings (SSSR count). The van der Waals surface area contributed by atoms with E-state index in [1.807, 2.05) is 42.5 Å². The third-order valence-electron chi connectivity index (χ3n) is 6.72. The number of carbonyl (C=O) groups excluding carboxylic acids is 3. The molecule has 2 atom stereocenters. The highest BCUT2D eigenvalue weighted by molar-refractivity contribution is 6.09. The van der Waals surface area contributed by atoms with E-state index in [0.29, 0.717) is 18.9 Å². The molecule has 0 radical (unpaired) electrons. The number of aryl methyl sites for hydroxylation is 1. The number of imide groups is 1. The second kappa shape index (κ2) is 7.72. The van der Waals surface area contributed by atoms with E-state index in [1.165, 1.54) is 5.69 Å². The Morgan fingerprint density at radius 3 is 2.71 bits per heavy atom. The van der Waals surface area contributed by atoms with E-state index >= 15 is 0 Å². The zero-order chi connectivity index (χ0) is 21.4. The van der Waals surface area contributed by atoms with E-state index in [0.717, 1.165) is 42.0 Å². The lowest BCUT2D eigenvalue weighted by atomic mass is 9.92. The lowest BCUT2D eigenvalue weighted by Crippen LogP contribution is -2.44. The zero-order valence-corrected chi connectivity index (χ0v) is 17.3. The van der Waals surface area contributed by atoms with Crippen LogP contribution in [0.2, 0.25) is 0 Å². The van der Waals surface area contributed by atoms with Gasteiger partial charge in [0.25, 0.3) is 5.91 Å². The van der Waals surface area contributed by atoms with Gasteiger partial charge in [-0.25, -0.2) is 4.79 Å². The Morgan fingerprint density at radius 2 is 1.87 bits per heavy atom. The summed E-state index contributed by atoms with van der Waals surface area (Å²) >= 11 is 0. The summed E-state index contributed by atoms with van der Waals surface area (Å²) in [5, 5.41) is 5.79. The van der Waals surface area contributed by atoms with E-state index in [1.54, 1.807) is 0 Å². The molecule has 0 bridgehead atoms. The SMILES string of the molecule is O=C(CN1C(=O)NC2(CCc3ccccc32)C1=O)NCC1CCN(c2ccccc2)C1. The molecule has 2 aromatic rings. The molecule has 2 aromatic carbocycles.